The van der Waals surface area contributed by atoms with E-state index >= 15 is 0 Å². The molecule has 1 aromatic carbocycles. The van der Waals surface area contributed by atoms with E-state index in [1.807, 2.05) is 13.8 Å². The fraction of sp³-hybridized carbons (Fsp3) is 0.286. The van der Waals surface area contributed by atoms with Crippen molar-refractivity contribution in [2.45, 2.75) is 20.3 Å². The number of rotatable bonds is 3. The zero-order valence-corrected chi connectivity index (χ0v) is 11.2. The fourth-order valence-electron chi connectivity index (χ4n) is 1.98. The Morgan fingerprint density at radius 1 is 1.32 bits per heavy atom. The molecule has 2 N–H and O–H groups in total. The van der Waals surface area contributed by atoms with Crippen LogP contribution in [0.4, 0.5) is 10.2 Å². The number of methoxy groups -OCH3 is 1. The van der Waals surface area contributed by atoms with Gasteiger partial charge in [-0.3, -0.25) is 0 Å². The van der Waals surface area contributed by atoms with Crippen molar-refractivity contribution in [1.29, 1.82) is 0 Å². The molecule has 0 aliphatic heterocycles. The lowest BCUT2D eigenvalue weighted by atomic mass is 10.1. The van der Waals surface area contributed by atoms with Gasteiger partial charge >= 0.3 is 0 Å². The van der Waals surface area contributed by atoms with Gasteiger partial charge in [0, 0.05) is 16.8 Å². The van der Waals surface area contributed by atoms with E-state index < -0.39 is 5.82 Å². The highest BCUT2D eigenvalue weighted by molar-refractivity contribution is 5.61. The van der Waals surface area contributed by atoms with E-state index in [0.717, 1.165) is 17.7 Å². The molecule has 0 saturated heterocycles. The molecular weight excluding hydrogens is 245 g/mol. The van der Waals surface area contributed by atoms with Gasteiger partial charge in [0.25, 0.3) is 0 Å². The summed E-state index contributed by atoms with van der Waals surface area (Å²) in [5, 5.41) is 0. The predicted molar refractivity (Wildman–Crippen MR) is 72.5 cm³/mol. The molecule has 0 spiro atoms. The van der Waals surface area contributed by atoms with E-state index in [-0.39, 0.29) is 5.75 Å². The summed E-state index contributed by atoms with van der Waals surface area (Å²) in [5.74, 6) is 0.691. The minimum absolute atomic E-state index is 0.164. The smallest absolute Gasteiger partial charge is 0.165 e. The Kier molecular flexibility index (Phi) is 3.64. The Morgan fingerprint density at radius 2 is 2.05 bits per heavy atom. The number of nitrogen functional groups attached to an aromatic ring is 1. The van der Waals surface area contributed by atoms with Crippen molar-refractivity contribution in [3.8, 4) is 17.1 Å². The Bertz CT molecular complexity index is 591. The Balaban J connectivity index is 2.53. The van der Waals surface area contributed by atoms with Crippen LogP contribution in [-0.2, 0) is 6.42 Å². The zero-order valence-electron chi connectivity index (χ0n) is 11.2. The summed E-state index contributed by atoms with van der Waals surface area (Å²) in [7, 11) is 1.42. The third-order valence-electron chi connectivity index (χ3n) is 3.01. The van der Waals surface area contributed by atoms with Gasteiger partial charge in [-0.2, -0.15) is 0 Å². The average molecular weight is 261 g/mol. The molecule has 4 nitrogen and oxygen atoms in total. The van der Waals surface area contributed by atoms with Crippen LogP contribution in [0.25, 0.3) is 11.4 Å². The molecule has 0 bridgehead atoms. The van der Waals surface area contributed by atoms with Gasteiger partial charge in [0.2, 0.25) is 0 Å². The first-order valence-electron chi connectivity index (χ1n) is 6.03. The third-order valence-corrected chi connectivity index (χ3v) is 3.01. The predicted octanol–water partition coefficient (Wildman–Crippen LogP) is 2.74. The lowest BCUT2D eigenvalue weighted by Gasteiger charge is -2.10. The second kappa shape index (κ2) is 5.22. The van der Waals surface area contributed by atoms with Crippen molar-refractivity contribution >= 4 is 5.82 Å². The number of ether oxygens (including phenoxy) is 1. The summed E-state index contributed by atoms with van der Waals surface area (Å²) in [6, 6.07) is 4.50. The monoisotopic (exact) mass is 261 g/mol. The molecule has 0 radical (unpaired) electrons. The van der Waals surface area contributed by atoms with E-state index in [1.54, 1.807) is 12.1 Å². The average Bonchev–Trinajstić information content (AvgIpc) is 2.39. The van der Waals surface area contributed by atoms with Crippen LogP contribution in [0.5, 0.6) is 5.75 Å². The maximum atomic E-state index is 13.4. The molecule has 5 heteroatoms. The van der Waals surface area contributed by atoms with Crippen LogP contribution >= 0.6 is 0 Å². The molecule has 100 valence electrons. The van der Waals surface area contributed by atoms with Crippen molar-refractivity contribution in [3.63, 3.8) is 0 Å². The van der Waals surface area contributed by atoms with Crippen molar-refractivity contribution < 1.29 is 9.13 Å². The molecule has 2 rings (SSSR count). The summed E-state index contributed by atoms with van der Waals surface area (Å²) in [4.78, 5) is 8.68. The molecule has 0 amide bonds. The molecule has 0 atom stereocenters. The summed E-state index contributed by atoms with van der Waals surface area (Å²) >= 11 is 0. The second-order valence-electron chi connectivity index (χ2n) is 4.20. The number of nitrogens with two attached hydrogens (primary N) is 1. The summed E-state index contributed by atoms with van der Waals surface area (Å²) in [6.07, 6.45) is 0.782. The number of anilines is 1. The topological polar surface area (TPSA) is 61.0 Å². The molecule has 0 unspecified atom stereocenters. The molecule has 0 fully saturated rings. The molecule has 2 aromatic rings. The molecule has 19 heavy (non-hydrogen) atoms. The van der Waals surface area contributed by atoms with Crippen molar-refractivity contribution in [3.05, 3.63) is 35.3 Å². The number of halogens is 1. The fourth-order valence-corrected chi connectivity index (χ4v) is 1.98. The van der Waals surface area contributed by atoms with Gasteiger partial charge in [-0.05, 0) is 31.5 Å². The van der Waals surface area contributed by atoms with E-state index in [4.69, 9.17) is 10.5 Å². The van der Waals surface area contributed by atoms with E-state index in [0.29, 0.717) is 17.2 Å². The van der Waals surface area contributed by atoms with Crippen molar-refractivity contribution in [2.75, 3.05) is 12.8 Å². The van der Waals surface area contributed by atoms with E-state index in [2.05, 4.69) is 9.97 Å². The van der Waals surface area contributed by atoms with E-state index in [1.165, 1.54) is 13.2 Å². The molecule has 0 aliphatic carbocycles. The van der Waals surface area contributed by atoms with Gasteiger partial charge in [-0.1, -0.05) is 6.92 Å². The van der Waals surface area contributed by atoms with Crippen LogP contribution in [0.15, 0.2) is 18.2 Å². The number of benzene rings is 1. The Hall–Kier alpha value is -2.17. The Labute approximate surface area is 111 Å². The third kappa shape index (κ3) is 2.50. The number of aryl methyl sites for hydroxylation is 1. The highest BCUT2D eigenvalue weighted by atomic mass is 19.1. The SMILES string of the molecule is CCc1c(C)nc(-c2ccc(F)c(OC)c2)nc1N. The highest BCUT2D eigenvalue weighted by Crippen LogP contribution is 2.26. The standard InChI is InChI=1S/C14H16FN3O/c1-4-10-8(2)17-14(18-13(10)16)9-5-6-11(15)12(7-9)19-3/h5-7H,4H2,1-3H3,(H2,16,17,18). The summed E-state index contributed by atoms with van der Waals surface area (Å²) in [6.45, 7) is 3.89. The van der Waals surface area contributed by atoms with Crippen LogP contribution < -0.4 is 10.5 Å². The van der Waals surface area contributed by atoms with E-state index in [9.17, 15) is 4.39 Å². The van der Waals surface area contributed by atoms with Gasteiger partial charge < -0.3 is 10.5 Å². The van der Waals surface area contributed by atoms with Crippen LogP contribution in [-0.4, -0.2) is 17.1 Å². The Morgan fingerprint density at radius 3 is 2.63 bits per heavy atom. The molecule has 1 aromatic heterocycles. The summed E-state index contributed by atoms with van der Waals surface area (Å²) < 4.78 is 18.3. The number of nitrogens with zero attached hydrogens (tertiary/aromatic N) is 2. The lowest BCUT2D eigenvalue weighted by molar-refractivity contribution is 0.387. The minimum Gasteiger partial charge on any atom is -0.494 e. The molecular formula is C14H16FN3O. The van der Waals surface area contributed by atoms with Gasteiger partial charge in [-0.15, -0.1) is 0 Å². The van der Waals surface area contributed by atoms with Crippen molar-refractivity contribution in [1.82, 2.24) is 9.97 Å². The van der Waals surface area contributed by atoms with Gasteiger partial charge in [0.15, 0.2) is 17.4 Å². The van der Waals surface area contributed by atoms with Crippen LogP contribution in [0.2, 0.25) is 0 Å². The highest BCUT2D eigenvalue weighted by Gasteiger charge is 2.11. The van der Waals surface area contributed by atoms with Crippen molar-refractivity contribution in [2.24, 2.45) is 0 Å². The van der Waals surface area contributed by atoms with Crippen LogP contribution in [0.1, 0.15) is 18.2 Å². The molecule has 0 saturated carbocycles. The molecule has 0 aliphatic rings. The quantitative estimate of drug-likeness (QED) is 0.922. The van der Waals surface area contributed by atoms with Gasteiger partial charge in [0.05, 0.1) is 7.11 Å². The normalized spacial score (nSPS) is 10.5. The number of hydrogen-bond acceptors (Lipinski definition) is 4. The first-order chi connectivity index (χ1) is 9.06. The van der Waals surface area contributed by atoms with Crippen LogP contribution in [0.3, 0.4) is 0 Å². The maximum absolute atomic E-state index is 13.4. The maximum Gasteiger partial charge on any atom is 0.165 e. The van der Waals surface area contributed by atoms with Crippen LogP contribution in [0, 0.1) is 12.7 Å². The minimum atomic E-state index is -0.416. The summed E-state index contributed by atoms with van der Waals surface area (Å²) in [5.41, 5.74) is 8.37. The first-order valence-corrected chi connectivity index (χ1v) is 6.03. The largest absolute Gasteiger partial charge is 0.494 e. The first kappa shape index (κ1) is 13.3. The zero-order chi connectivity index (χ0) is 14.0. The van der Waals surface area contributed by atoms with Gasteiger partial charge in [0.1, 0.15) is 5.82 Å². The molecule has 1 heterocycles. The number of aromatic nitrogens is 2. The number of hydrogen-bond donors (Lipinski definition) is 1. The van der Waals surface area contributed by atoms with Gasteiger partial charge in [-0.25, -0.2) is 14.4 Å². The second-order valence-corrected chi connectivity index (χ2v) is 4.20. The lowest BCUT2D eigenvalue weighted by Crippen LogP contribution is -2.04.